The molecule has 8 nitrogen and oxygen atoms in total. The molecule has 2 bridgehead atoms. The largest absolute Gasteiger partial charge is 0.469 e. The van der Waals surface area contributed by atoms with Gasteiger partial charge in [-0.2, -0.15) is 0 Å². The number of aliphatic hydroxyl groups excluding tert-OH is 1. The Morgan fingerprint density at radius 1 is 1.00 bits per heavy atom. The number of carbonyl (C=O) groups is 4. The molecule has 2 aliphatic carbocycles. The maximum Gasteiger partial charge on any atom is 0.313 e. The van der Waals surface area contributed by atoms with Gasteiger partial charge in [-0.3, -0.25) is 19.2 Å². The summed E-state index contributed by atoms with van der Waals surface area (Å²) >= 11 is 0. The molecule has 0 saturated heterocycles. The molecular weight excluding hydrogens is 620 g/mol. The predicted octanol–water partition coefficient (Wildman–Crippen LogP) is 6.89. The first-order valence-corrected chi connectivity index (χ1v) is 18.0. The molecule has 1 unspecified atom stereocenters. The Bertz CT molecular complexity index is 1490. The highest BCUT2D eigenvalue weighted by molar-refractivity contribution is 6.02. The van der Waals surface area contributed by atoms with Gasteiger partial charge >= 0.3 is 5.97 Å². The standard InChI is InChI=1S/C41H58O8/c1-23(2)29-20-33(42)26(5)12-10-11-24(3)18-34(43)32-19-28(7)30-21-37(45)40(8,47)38-16-14-27(6)36(49-38)15-13-25(4)17-31(30)41(32,22-35(29)44)39(46)48-9/h12,14,17-18,23,29,31-32,36-38,45,47H,10-11,13,15-16,19-22H2,1-9H3/b24-18+,25-17+,26-12+/t29?,31-,32+,36-,37-,38+,40-,41-/m1/s1. The van der Waals surface area contributed by atoms with Crippen LogP contribution in [0.2, 0.25) is 0 Å². The second kappa shape index (κ2) is 15.5. The SMILES string of the molecule is COC(=O)[C@@]12CC(=O)C(C(C)C)CC(=O)/C(C)=C/CC/C(C)=C/C(=O)[C@@H]1CC(C)=C1C[C@@H](O)[C@@](C)(O)[C@@H]3CC=C(C)[C@@H](CC/C(C)=C/[C@H]12)O3. The van der Waals surface area contributed by atoms with Gasteiger partial charge in [0.1, 0.15) is 11.4 Å². The molecule has 0 aromatic heterocycles. The zero-order valence-electron chi connectivity index (χ0n) is 31.1. The number of fused-ring (bicyclic) bond motifs is 5. The average molecular weight is 679 g/mol. The molecule has 49 heavy (non-hydrogen) atoms. The lowest BCUT2D eigenvalue weighted by Crippen LogP contribution is -2.55. The molecule has 4 rings (SSSR count). The summed E-state index contributed by atoms with van der Waals surface area (Å²) in [7, 11) is 1.29. The Hall–Kier alpha value is -2.94. The van der Waals surface area contributed by atoms with Crippen LogP contribution in [0.15, 0.2) is 57.7 Å². The van der Waals surface area contributed by atoms with Gasteiger partial charge in [-0.15, -0.1) is 0 Å². The third kappa shape index (κ3) is 8.02. The van der Waals surface area contributed by atoms with Crippen molar-refractivity contribution >= 4 is 23.3 Å². The number of hydrogen-bond acceptors (Lipinski definition) is 8. The second-order valence-corrected chi connectivity index (χ2v) is 15.8. The minimum atomic E-state index is -1.64. The summed E-state index contributed by atoms with van der Waals surface area (Å²) in [5.74, 6) is -3.81. The van der Waals surface area contributed by atoms with E-state index in [0.29, 0.717) is 43.3 Å². The molecule has 2 N–H and O–H groups in total. The number of ether oxygens (including phenoxy) is 2. The summed E-state index contributed by atoms with van der Waals surface area (Å²) in [5.41, 5.74) is 1.73. The summed E-state index contributed by atoms with van der Waals surface area (Å²) < 4.78 is 12.0. The van der Waals surface area contributed by atoms with Gasteiger partial charge in [0, 0.05) is 30.6 Å². The highest BCUT2D eigenvalue weighted by Crippen LogP contribution is 2.55. The van der Waals surface area contributed by atoms with Crippen LogP contribution in [0.5, 0.6) is 0 Å². The van der Waals surface area contributed by atoms with Gasteiger partial charge in [0.05, 0.1) is 30.8 Å². The summed E-state index contributed by atoms with van der Waals surface area (Å²) in [5, 5.41) is 23.6. The van der Waals surface area contributed by atoms with Crippen LogP contribution >= 0.6 is 0 Å². The summed E-state index contributed by atoms with van der Waals surface area (Å²) in [6, 6.07) is 0. The first-order chi connectivity index (χ1) is 22.9. The number of aliphatic hydroxyl groups is 2. The lowest BCUT2D eigenvalue weighted by Gasteiger charge is -2.49. The average Bonchev–Trinajstić information content (AvgIpc) is 3.03. The van der Waals surface area contributed by atoms with E-state index in [1.165, 1.54) is 7.11 Å². The van der Waals surface area contributed by atoms with E-state index in [1.807, 2.05) is 53.7 Å². The fourth-order valence-electron chi connectivity index (χ4n) is 8.44. The molecular formula is C41H58O8. The molecule has 0 fully saturated rings. The molecule has 4 aliphatic rings. The van der Waals surface area contributed by atoms with Crippen LogP contribution < -0.4 is 0 Å². The lowest BCUT2D eigenvalue weighted by atomic mass is 9.53. The number of esters is 1. The monoisotopic (exact) mass is 678 g/mol. The zero-order valence-corrected chi connectivity index (χ0v) is 31.1. The van der Waals surface area contributed by atoms with Crippen molar-refractivity contribution in [2.45, 2.75) is 137 Å². The molecule has 0 amide bonds. The number of rotatable bonds is 2. The van der Waals surface area contributed by atoms with Gasteiger partial charge in [0.15, 0.2) is 11.6 Å². The van der Waals surface area contributed by atoms with Crippen LogP contribution in [-0.4, -0.2) is 64.6 Å². The Balaban J connectivity index is 2.00. The van der Waals surface area contributed by atoms with Gasteiger partial charge in [0.2, 0.25) is 0 Å². The minimum absolute atomic E-state index is 0.0132. The number of allylic oxidation sites excluding steroid dienone is 7. The summed E-state index contributed by atoms with van der Waals surface area (Å²) in [4.78, 5) is 57.1. The summed E-state index contributed by atoms with van der Waals surface area (Å²) in [6.45, 7) is 15.0. The second-order valence-electron chi connectivity index (χ2n) is 15.8. The molecule has 2 heterocycles. The molecule has 0 radical (unpaired) electrons. The van der Waals surface area contributed by atoms with Crippen molar-refractivity contribution in [2.24, 2.45) is 29.1 Å². The van der Waals surface area contributed by atoms with Crippen molar-refractivity contribution in [1.82, 2.24) is 0 Å². The Morgan fingerprint density at radius 2 is 1.69 bits per heavy atom. The highest BCUT2D eigenvalue weighted by Gasteiger charge is 2.59. The maximum absolute atomic E-state index is 14.6. The maximum atomic E-state index is 14.6. The topological polar surface area (TPSA) is 127 Å². The van der Waals surface area contributed by atoms with E-state index in [-0.39, 0.29) is 55.1 Å². The minimum Gasteiger partial charge on any atom is -0.469 e. The third-order valence-electron chi connectivity index (χ3n) is 11.9. The molecule has 0 saturated carbocycles. The van der Waals surface area contributed by atoms with Crippen LogP contribution in [-0.2, 0) is 28.7 Å². The van der Waals surface area contributed by atoms with Crippen molar-refractivity contribution in [1.29, 1.82) is 0 Å². The Morgan fingerprint density at radius 3 is 2.35 bits per heavy atom. The van der Waals surface area contributed by atoms with Crippen molar-refractivity contribution in [3.63, 3.8) is 0 Å². The zero-order chi connectivity index (χ0) is 36.4. The van der Waals surface area contributed by atoms with E-state index < -0.39 is 46.9 Å². The molecule has 0 spiro atoms. The van der Waals surface area contributed by atoms with Crippen molar-refractivity contribution < 1.29 is 38.9 Å². The molecule has 8 heteroatoms. The van der Waals surface area contributed by atoms with Gasteiger partial charge < -0.3 is 19.7 Å². The van der Waals surface area contributed by atoms with Gasteiger partial charge in [0.25, 0.3) is 0 Å². The first kappa shape index (κ1) is 38.9. The lowest BCUT2D eigenvalue weighted by molar-refractivity contribution is -0.173. The van der Waals surface area contributed by atoms with E-state index >= 15 is 0 Å². The molecule has 8 atom stereocenters. The van der Waals surface area contributed by atoms with Gasteiger partial charge in [-0.1, -0.05) is 54.4 Å². The molecule has 0 aromatic rings. The first-order valence-electron chi connectivity index (χ1n) is 18.0. The van der Waals surface area contributed by atoms with Crippen molar-refractivity contribution in [3.8, 4) is 0 Å². The molecule has 0 aromatic carbocycles. The molecule has 2 aliphatic heterocycles. The number of hydrogen-bond donors (Lipinski definition) is 2. The van der Waals surface area contributed by atoms with E-state index in [0.717, 1.165) is 22.3 Å². The van der Waals surface area contributed by atoms with Crippen LogP contribution in [0.4, 0.5) is 0 Å². The van der Waals surface area contributed by atoms with Crippen LogP contribution in [0, 0.1) is 29.1 Å². The van der Waals surface area contributed by atoms with E-state index in [1.54, 1.807) is 19.9 Å². The van der Waals surface area contributed by atoms with Crippen molar-refractivity contribution in [3.05, 3.63) is 57.7 Å². The Kier molecular flexibility index (Phi) is 12.3. The van der Waals surface area contributed by atoms with Gasteiger partial charge in [-0.25, -0.2) is 0 Å². The number of ketones is 3. The number of carbonyl (C=O) groups excluding carboxylic acids is 4. The molecule has 270 valence electrons. The third-order valence-corrected chi connectivity index (χ3v) is 11.9. The normalized spacial score (nSPS) is 39.0. The quantitative estimate of drug-likeness (QED) is 0.239. The van der Waals surface area contributed by atoms with Gasteiger partial charge in [-0.05, 0) is 110 Å². The fourth-order valence-corrected chi connectivity index (χ4v) is 8.44. The van der Waals surface area contributed by atoms with Crippen molar-refractivity contribution in [2.75, 3.05) is 7.11 Å². The highest BCUT2D eigenvalue weighted by atomic mass is 16.5. The number of Topliss-reactive ketones (excluding diaryl/α,β-unsaturated/α-hetero) is 2. The summed E-state index contributed by atoms with van der Waals surface area (Å²) in [6.07, 6.45) is 8.15. The van der Waals surface area contributed by atoms with E-state index in [4.69, 9.17) is 9.47 Å². The van der Waals surface area contributed by atoms with Crippen LogP contribution in [0.1, 0.15) is 113 Å². The van der Waals surface area contributed by atoms with Crippen LogP contribution in [0.25, 0.3) is 0 Å². The van der Waals surface area contributed by atoms with Crippen LogP contribution in [0.3, 0.4) is 0 Å². The fraction of sp³-hybridized carbons (Fsp3) is 0.659. The van der Waals surface area contributed by atoms with E-state index in [2.05, 4.69) is 6.08 Å². The smallest absolute Gasteiger partial charge is 0.313 e. The predicted molar refractivity (Wildman–Crippen MR) is 189 cm³/mol. The van der Waals surface area contributed by atoms with E-state index in [9.17, 15) is 29.4 Å². The Labute approximate surface area is 292 Å². The number of methoxy groups -OCH3 is 1.